The van der Waals surface area contributed by atoms with Gasteiger partial charge < -0.3 is 14.4 Å². The minimum Gasteiger partial charge on any atom is -0.353 e. The summed E-state index contributed by atoms with van der Waals surface area (Å²) in [7, 11) is 1.93. The minimum atomic E-state index is -0.528. The van der Waals surface area contributed by atoms with Crippen LogP contribution in [0.5, 0.6) is 0 Å². The lowest BCUT2D eigenvalue weighted by Crippen LogP contribution is -2.43. The van der Waals surface area contributed by atoms with E-state index in [1.54, 1.807) is 11.0 Å². The summed E-state index contributed by atoms with van der Waals surface area (Å²) >= 11 is 0. The largest absolute Gasteiger partial charge is 0.353 e. The summed E-state index contributed by atoms with van der Waals surface area (Å²) in [6, 6.07) is 19.3. The molecule has 0 radical (unpaired) electrons. The third-order valence-corrected chi connectivity index (χ3v) is 5.67. The van der Waals surface area contributed by atoms with Crippen LogP contribution in [-0.4, -0.2) is 44.2 Å². The van der Waals surface area contributed by atoms with Gasteiger partial charge in [-0.15, -0.1) is 0 Å². The number of nitrogens with zero attached hydrogens (tertiary/aromatic N) is 4. The number of unbranched alkanes of at least 4 members (excludes halogenated alkanes) is 1. The van der Waals surface area contributed by atoms with Crippen molar-refractivity contribution in [2.24, 2.45) is 7.05 Å². The van der Waals surface area contributed by atoms with Crippen molar-refractivity contribution >= 4 is 17.5 Å². The lowest BCUT2D eigenvalue weighted by Gasteiger charge is -2.28. The van der Waals surface area contributed by atoms with Gasteiger partial charge in [-0.1, -0.05) is 49.7 Å². The molecule has 0 spiro atoms. The first-order chi connectivity index (χ1) is 16.4. The van der Waals surface area contributed by atoms with E-state index >= 15 is 0 Å². The Kier molecular flexibility index (Phi) is 8.56. The Morgan fingerprint density at radius 2 is 1.74 bits per heavy atom. The van der Waals surface area contributed by atoms with E-state index in [2.05, 4.69) is 0 Å². The van der Waals surface area contributed by atoms with E-state index in [4.69, 9.17) is 0 Å². The van der Waals surface area contributed by atoms with Crippen LogP contribution in [0.3, 0.4) is 0 Å². The van der Waals surface area contributed by atoms with E-state index in [1.165, 1.54) is 23.1 Å². The molecule has 178 valence electrons. The molecule has 0 aliphatic carbocycles. The van der Waals surface area contributed by atoms with Gasteiger partial charge in [-0.2, -0.15) is 0 Å². The van der Waals surface area contributed by atoms with Crippen LogP contribution in [0.4, 0.5) is 5.69 Å². The average Bonchev–Trinajstić information content (AvgIpc) is 3.25. The SMILES string of the molecule is CCCCN(CC(=O)N(Cc1ccccc1)Cc1cccn1C)C(=O)c1cccc([N+](=O)[O-])c1. The summed E-state index contributed by atoms with van der Waals surface area (Å²) in [6.45, 7) is 3.13. The monoisotopic (exact) mass is 462 g/mol. The zero-order valence-electron chi connectivity index (χ0n) is 19.6. The Bertz CT molecular complexity index is 1130. The van der Waals surface area contributed by atoms with E-state index in [-0.39, 0.29) is 29.6 Å². The van der Waals surface area contributed by atoms with Gasteiger partial charge in [0, 0.05) is 49.7 Å². The number of rotatable bonds is 11. The molecular formula is C26H30N4O4. The van der Waals surface area contributed by atoms with E-state index in [0.717, 1.165) is 24.1 Å². The molecule has 1 aromatic heterocycles. The van der Waals surface area contributed by atoms with E-state index in [0.29, 0.717) is 19.6 Å². The highest BCUT2D eigenvalue weighted by Crippen LogP contribution is 2.17. The second kappa shape index (κ2) is 11.8. The fourth-order valence-corrected chi connectivity index (χ4v) is 3.69. The number of carbonyl (C=O) groups excluding carboxylic acids is 2. The van der Waals surface area contributed by atoms with E-state index in [1.807, 2.05) is 67.2 Å². The summed E-state index contributed by atoms with van der Waals surface area (Å²) in [5.41, 5.74) is 2.03. The predicted molar refractivity (Wildman–Crippen MR) is 130 cm³/mol. The number of non-ortho nitro benzene ring substituents is 1. The van der Waals surface area contributed by atoms with Gasteiger partial charge in [0.05, 0.1) is 11.5 Å². The third kappa shape index (κ3) is 6.54. The van der Waals surface area contributed by atoms with Gasteiger partial charge in [0.1, 0.15) is 6.54 Å². The van der Waals surface area contributed by atoms with Gasteiger partial charge in [-0.05, 0) is 30.2 Å². The molecule has 0 saturated carbocycles. The molecule has 0 bridgehead atoms. The Labute approximate surface area is 199 Å². The average molecular weight is 463 g/mol. The van der Waals surface area contributed by atoms with Crippen LogP contribution in [0.15, 0.2) is 72.9 Å². The van der Waals surface area contributed by atoms with Crippen molar-refractivity contribution in [3.8, 4) is 0 Å². The molecular weight excluding hydrogens is 432 g/mol. The Hall–Kier alpha value is -3.94. The molecule has 0 N–H and O–H groups in total. The highest BCUT2D eigenvalue weighted by molar-refractivity contribution is 5.97. The molecule has 1 heterocycles. The molecule has 3 rings (SSSR count). The third-order valence-electron chi connectivity index (χ3n) is 5.67. The van der Waals surface area contributed by atoms with Crippen LogP contribution in [0.2, 0.25) is 0 Å². The molecule has 0 aliphatic heterocycles. The Morgan fingerprint density at radius 3 is 2.38 bits per heavy atom. The smallest absolute Gasteiger partial charge is 0.270 e. The van der Waals surface area contributed by atoms with Gasteiger partial charge >= 0.3 is 0 Å². The fraction of sp³-hybridized carbons (Fsp3) is 0.308. The Balaban J connectivity index is 1.83. The van der Waals surface area contributed by atoms with Gasteiger partial charge in [-0.3, -0.25) is 19.7 Å². The summed E-state index contributed by atoms with van der Waals surface area (Å²) < 4.78 is 1.97. The molecule has 3 aromatic rings. The maximum atomic E-state index is 13.5. The first kappa shape index (κ1) is 24.7. The number of hydrogen-bond acceptors (Lipinski definition) is 4. The summed E-state index contributed by atoms with van der Waals surface area (Å²) in [4.78, 5) is 40.6. The maximum Gasteiger partial charge on any atom is 0.270 e. The number of nitro groups is 1. The van der Waals surface area contributed by atoms with Crippen LogP contribution in [0, 0.1) is 10.1 Å². The summed E-state index contributed by atoms with van der Waals surface area (Å²) in [5, 5.41) is 11.2. The minimum absolute atomic E-state index is 0.0984. The molecule has 2 aromatic carbocycles. The number of amides is 2. The number of aromatic nitrogens is 1. The van der Waals surface area contributed by atoms with Gasteiger partial charge in [0.2, 0.25) is 5.91 Å². The zero-order chi connectivity index (χ0) is 24.5. The molecule has 34 heavy (non-hydrogen) atoms. The first-order valence-electron chi connectivity index (χ1n) is 11.3. The van der Waals surface area contributed by atoms with Crippen molar-refractivity contribution in [3.63, 3.8) is 0 Å². The van der Waals surface area contributed by atoms with Gasteiger partial charge in [-0.25, -0.2) is 0 Å². The van der Waals surface area contributed by atoms with Crippen LogP contribution in [-0.2, 0) is 24.9 Å². The second-order valence-corrected chi connectivity index (χ2v) is 8.23. The molecule has 0 unspecified atom stereocenters. The number of benzene rings is 2. The lowest BCUT2D eigenvalue weighted by atomic mass is 10.1. The topological polar surface area (TPSA) is 88.7 Å². The number of carbonyl (C=O) groups is 2. The van der Waals surface area contributed by atoms with E-state index in [9.17, 15) is 19.7 Å². The standard InChI is InChI=1S/C26H30N4O4/c1-3-4-16-28(26(32)22-12-8-13-23(17-22)30(33)34)20-25(31)29(18-21-10-6-5-7-11-21)19-24-14-9-15-27(24)2/h5-15,17H,3-4,16,18-20H2,1-2H3. The van der Waals surface area contributed by atoms with Crippen molar-refractivity contribution in [1.29, 1.82) is 0 Å². The van der Waals surface area contributed by atoms with Crippen molar-refractivity contribution < 1.29 is 14.5 Å². The number of nitro benzene ring substituents is 1. The molecule has 0 saturated heterocycles. The van der Waals surface area contributed by atoms with Gasteiger partial charge in [0.15, 0.2) is 0 Å². The number of hydrogen-bond donors (Lipinski definition) is 0. The van der Waals surface area contributed by atoms with E-state index < -0.39 is 4.92 Å². The first-order valence-corrected chi connectivity index (χ1v) is 11.3. The van der Waals surface area contributed by atoms with Crippen LogP contribution in [0.25, 0.3) is 0 Å². The van der Waals surface area contributed by atoms with Crippen molar-refractivity contribution in [1.82, 2.24) is 14.4 Å². The van der Waals surface area contributed by atoms with Crippen LogP contribution < -0.4 is 0 Å². The van der Waals surface area contributed by atoms with Crippen molar-refractivity contribution in [2.75, 3.05) is 13.1 Å². The summed E-state index contributed by atoms with van der Waals surface area (Å²) in [6.07, 6.45) is 3.51. The fourth-order valence-electron chi connectivity index (χ4n) is 3.69. The molecule has 0 aliphatic rings. The van der Waals surface area contributed by atoms with Crippen molar-refractivity contribution in [3.05, 3.63) is 99.9 Å². The summed E-state index contributed by atoms with van der Waals surface area (Å²) in [5.74, 6) is -0.566. The number of aryl methyl sites for hydroxylation is 1. The normalized spacial score (nSPS) is 10.6. The maximum absolute atomic E-state index is 13.5. The van der Waals surface area contributed by atoms with Crippen LogP contribution in [0.1, 0.15) is 41.4 Å². The quantitative estimate of drug-likeness (QED) is 0.312. The highest BCUT2D eigenvalue weighted by atomic mass is 16.6. The Morgan fingerprint density at radius 1 is 0.971 bits per heavy atom. The molecule has 8 nitrogen and oxygen atoms in total. The lowest BCUT2D eigenvalue weighted by molar-refractivity contribution is -0.384. The van der Waals surface area contributed by atoms with Crippen LogP contribution >= 0.6 is 0 Å². The second-order valence-electron chi connectivity index (χ2n) is 8.23. The predicted octanol–water partition coefficient (Wildman–Crippen LogP) is 4.40. The highest BCUT2D eigenvalue weighted by Gasteiger charge is 2.24. The van der Waals surface area contributed by atoms with Crippen molar-refractivity contribution in [2.45, 2.75) is 32.9 Å². The molecule has 0 atom stereocenters. The molecule has 8 heteroatoms. The molecule has 0 fully saturated rings. The zero-order valence-corrected chi connectivity index (χ0v) is 19.6. The van der Waals surface area contributed by atoms with Gasteiger partial charge in [0.25, 0.3) is 11.6 Å². The molecule has 2 amide bonds.